The van der Waals surface area contributed by atoms with Gasteiger partial charge in [-0.25, -0.2) is 0 Å². The molecule has 0 spiro atoms. The van der Waals surface area contributed by atoms with Crippen LogP contribution >= 0.6 is 0 Å². The highest BCUT2D eigenvalue weighted by atomic mass is 19.4. The van der Waals surface area contributed by atoms with Crippen molar-refractivity contribution in [1.82, 2.24) is 0 Å². The first-order valence-corrected chi connectivity index (χ1v) is 5.77. The molecule has 0 radical (unpaired) electrons. The van der Waals surface area contributed by atoms with Gasteiger partial charge in [-0.1, -0.05) is 18.6 Å². The van der Waals surface area contributed by atoms with Gasteiger partial charge in [0.2, 0.25) is 0 Å². The van der Waals surface area contributed by atoms with Crippen molar-refractivity contribution in [2.24, 2.45) is 17.1 Å². The second kappa shape index (κ2) is 4.80. The molecule has 2 nitrogen and oxygen atoms in total. The molecular formula is C12H19F3N2. The second-order valence-corrected chi connectivity index (χ2v) is 4.89. The highest BCUT2D eigenvalue weighted by Gasteiger charge is 2.43. The summed E-state index contributed by atoms with van der Waals surface area (Å²) in [5.74, 6) is -0.169. The highest BCUT2D eigenvalue weighted by Crippen LogP contribution is 2.47. The van der Waals surface area contributed by atoms with E-state index in [0.717, 1.165) is 5.57 Å². The number of rotatable bonds is 5. The normalized spacial score (nSPS) is 28.0. The topological polar surface area (TPSA) is 49.9 Å². The number of nitrogens with one attached hydrogen (secondary N) is 1. The molecule has 0 heterocycles. The van der Waals surface area contributed by atoms with Gasteiger partial charge in [0, 0.05) is 24.1 Å². The van der Waals surface area contributed by atoms with E-state index in [1.54, 1.807) is 13.8 Å². The Kier molecular flexibility index (Phi) is 4.02. The van der Waals surface area contributed by atoms with Crippen LogP contribution in [0, 0.1) is 16.7 Å². The smallest absolute Gasteiger partial charge is 0.327 e. The summed E-state index contributed by atoms with van der Waals surface area (Å²) in [5.41, 5.74) is 6.23. The molecule has 98 valence electrons. The minimum Gasteiger partial charge on any atom is -0.327 e. The number of nitrogens with two attached hydrogens (primary N) is 1. The fraction of sp³-hybridized carbons (Fsp3) is 0.750. The van der Waals surface area contributed by atoms with Gasteiger partial charge in [0.05, 0.1) is 0 Å². The third kappa shape index (κ3) is 2.89. The van der Waals surface area contributed by atoms with Crippen molar-refractivity contribution in [3.05, 3.63) is 11.6 Å². The molecule has 0 aromatic heterocycles. The minimum absolute atomic E-state index is 0.0671. The summed E-state index contributed by atoms with van der Waals surface area (Å²) in [5, 5.41) is 7.45. The van der Waals surface area contributed by atoms with Crippen LogP contribution in [0.4, 0.5) is 13.2 Å². The van der Waals surface area contributed by atoms with Gasteiger partial charge in [0.15, 0.2) is 0 Å². The number of alkyl halides is 3. The van der Waals surface area contributed by atoms with Crippen molar-refractivity contribution in [3.8, 4) is 0 Å². The van der Waals surface area contributed by atoms with E-state index < -0.39 is 18.0 Å². The van der Waals surface area contributed by atoms with Crippen LogP contribution in [0.3, 0.4) is 0 Å². The first kappa shape index (κ1) is 14.2. The maximum absolute atomic E-state index is 12.1. The molecule has 0 amide bonds. The summed E-state index contributed by atoms with van der Waals surface area (Å²) >= 11 is 0. The predicted octanol–water partition coefficient (Wildman–Crippen LogP) is 3.28. The number of halogens is 3. The average molecular weight is 248 g/mol. The van der Waals surface area contributed by atoms with Gasteiger partial charge in [-0.05, 0) is 25.7 Å². The summed E-state index contributed by atoms with van der Waals surface area (Å²) in [4.78, 5) is 0. The van der Waals surface area contributed by atoms with Gasteiger partial charge in [0.1, 0.15) is 0 Å². The standard InChI is InChI=1S/C12H19F3N2/c1-8(3-6-12(13,14)15)10-4-5-11(10,7-16)9(2)17/h4,7-9,16H,3,5-6,17H2,1-2H3. The van der Waals surface area contributed by atoms with Gasteiger partial charge in [-0.15, -0.1) is 0 Å². The van der Waals surface area contributed by atoms with Gasteiger partial charge in [-0.2, -0.15) is 13.2 Å². The molecule has 0 bridgehead atoms. The molecule has 0 saturated heterocycles. The van der Waals surface area contributed by atoms with E-state index in [0.29, 0.717) is 6.42 Å². The Morgan fingerprint density at radius 3 is 2.41 bits per heavy atom. The Bertz CT molecular complexity index is 320. The Labute approximate surface area is 99.6 Å². The van der Waals surface area contributed by atoms with E-state index in [2.05, 4.69) is 0 Å². The quantitative estimate of drug-likeness (QED) is 0.569. The van der Waals surface area contributed by atoms with E-state index in [1.807, 2.05) is 6.08 Å². The fourth-order valence-electron chi connectivity index (χ4n) is 2.37. The molecule has 1 aliphatic rings. The summed E-state index contributed by atoms with van der Waals surface area (Å²) in [7, 11) is 0. The van der Waals surface area contributed by atoms with Crippen molar-refractivity contribution >= 4 is 6.21 Å². The molecule has 3 atom stereocenters. The molecule has 0 aromatic rings. The minimum atomic E-state index is -4.11. The zero-order chi connectivity index (χ0) is 13.3. The largest absolute Gasteiger partial charge is 0.389 e. The zero-order valence-electron chi connectivity index (χ0n) is 10.1. The molecule has 17 heavy (non-hydrogen) atoms. The molecule has 0 fully saturated rings. The molecule has 0 saturated carbocycles. The van der Waals surface area contributed by atoms with Gasteiger partial charge in [0.25, 0.3) is 0 Å². The van der Waals surface area contributed by atoms with Crippen LogP contribution in [-0.2, 0) is 0 Å². The Morgan fingerprint density at radius 2 is 2.12 bits per heavy atom. The average Bonchev–Trinajstić information content (AvgIpc) is 2.13. The number of hydrogen-bond donors (Lipinski definition) is 2. The third-order valence-electron chi connectivity index (χ3n) is 3.66. The fourth-order valence-corrected chi connectivity index (χ4v) is 2.37. The maximum Gasteiger partial charge on any atom is 0.389 e. The summed E-state index contributed by atoms with van der Waals surface area (Å²) in [6.07, 6.45) is -0.956. The van der Waals surface area contributed by atoms with E-state index in [9.17, 15) is 13.2 Å². The van der Waals surface area contributed by atoms with E-state index in [4.69, 9.17) is 11.1 Å². The monoisotopic (exact) mass is 248 g/mol. The Balaban J connectivity index is 2.65. The molecular weight excluding hydrogens is 229 g/mol. The summed E-state index contributed by atoms with van der Waals surface area (Å²) in [6, 6.07) is -0.228. The second-order valence-electron chi connectivity index (χ2n) is 4.89. The van der Waals surface area contributed by atoms with E-state index >= 15 is 0 Å². The maximum atomic E-state index is 12.1. The summed E-state index contributed by atoms with van der Waals surface area (Å²) < 4.78 is 36.4. The first-order valence-electron chi connectivity index (χ1n) is 5.77. The number of hydrogen-bond acceptors (Lipinski definition) is 2. The lowest BCUT2D eigenvalue weighted by molar-refractivity contribution is -0.137. The molecule has 5 heteroatoms. The molecule has 3 N–H and O–H groups in total. The lowest BCUT2D eigenvalue weighted by Gasteiger charge is -2.45. The van der Waals surface area contributed by atoms with Crippen molar-refractivity contribution in [1.29, 1.82) is 5.41 Å². The summed E-state index contributed by atoms with van der Waals surface area (Å²) in [6.45, 7) is 3.58. The van der Waals surface area contributed by atoms with Gasteiger partial charge in [-0.3, -0.25) is 0 Å². The number of allylic oxidation sites excluding steroid dienone is 1. The SMILES string of the molecule is CC(CCC(F)(F)F)C1=CCC1(C=N)C(C)N. The van der Waals surface area contributed by atoms with Gasteiger partial charge >= 0.3 is 6.18 Å². The van der Waals surface area contributed by atoms with E-state index in [1.165, 1.54) is 6.21 Å². The van der Waals surface area contributed by atoms with Crippen LogP contribution in [0.15, 0.2) is 11.6 Å². The lowest BCUT2D eigenvalue weighted by atomic mass is 9.61. The van der Waals surface area contributed by atoms with Crippen molar-refractivity contribution in [3.63, 3.8) is 0 Å². The van der Waals surface area contributed by atoms with Crippen LogP contribution < -0.4 is 5.73 Å². The first-order chi connectivity index (χ1) is 7.73. The third-order valence-corrected chi connectivity index (χ3v) is 3.66. The van der Waals surface area contributed by atoms with Gasteiger partial charge < -0.3 is 11.1 Å². The lowest BCUT2D eigenvalue weighted by Crippen LogP contribution is -2.48. The van der Waals surface area contributed by atoms with Crippen LogP contribution in [0.1, 0.15) is 33.1 Å². The van der Waals surface area contributed by atoms with Crippen LogP contribution in [0.25, 0.3) is 0 Å². The van der Waals surface area contributed by atoms with Crippen LogP contribution in [0.5, 0.6) is 0 Å². The zero-order valence-corrected chi connectivity index (χ0v) is 10.1. The highest BCUT2D eigenvalue weighted by molar-refractivity contribution is 5.72. The Morgan fingerprint density at radius 1 is 1.53 bits per heavy atom. The molecule has 3 unspecified atom stereocenters. The van der Waals surface area contributed by atoms with Crippen molar-refractivity contribution < 1.29 is 13.2 Å². The molecule has 0 aromatic carbocycles. The van der Waals surface area contributed by atoms with Crippen LogP contribution in [0.2, 0.25) is 0 Å². The predicted molar refractivity (Wildman–Crippen MR) is 62.0 cm³/mol. The van der Waals surface area contributed by atoms with Crippen molar-refractivity contribution in [2.75, 3.05) is 0 Å². The van der Waals surface area contributed by atoms with Crippen molar-refractivity contribution in [2.45, 2.75) is 45.3 Å². The molecule has 1 rings (SSSR count). The Hall–Kier alpha value is -0.840. The van der Waals surface area contributed by atoms with E-state index in [-0.39, 0.29) is 18.4 Å². The molecule has 1 aliphatic carbocycles. The molecule has 0 aliphatic heterocycles. The van der Waals surface area contributed by atoms with Crippen LogP contribution in [-0.4, -0.2) is 18.4 Å².